The molecule has 1 aromatic carbocycles. The second-order valence-electron chi connectivity index (χ2n) is 7.02. The lowest BCUT2D eigenvalue weighted by molar-refractivity contribution is -0.122. The third kappa shape index (κ3) is 3.29. The van der Waals surface area contributed by atoms with E-state index in [1.54, 1.807) is 6.26 Å². The highest BCUT2D eigenvalue weighted by Crippen LogP contribution is 2.52. The van der Waals surface area contributed by atoms with Crippen molar-refractivity contribution in [3.63, 3.8) is 0 Å². The molecule has 6 heteroatoms. The molecule has 6 nitrogen and oxygen atoms in total. The Kier molecular flexibility index (Phi) is 3.82. The average Bonchev–Trinajstić information content (AvgIpc) is 3.52. The lowest BCUT2D eigenvalue weighted by Crippen LogP contribution is -2.44. The minimum absolute atomic E-state index is 0.0599. The van der Waals surface area contributed by atoms with E-state index in [1.165, 1.54) is 6.39 Å². The fourth-order valence-electron chi connectivity index (χ4n) is 3.18. The van der Waals surface area contributed by atoms with Crippen LogP contribution in [0.15, 0.2) is 47.4 Å². The number of amides is 1. The summed E-state index contributed by atoms with van der Waals surface area (Å²) in [4.78, 5) is 29.0. The number of hydrogen-bond acceptors (Lipinski definition) is 5. The van der Waals surface area contributed by atoms with Gasteiger partial charge in [-0.25, -0.2) is 9.78 Å². The number of benzene rings is 1. The predicted molar refractivity (Wildman–Crippen MR) is 88.8 cm³/mol. The zero-order valence-electron chi connectivity index (χ0n) is 13.9. The summed E-state index contributed by atoms with van der Waals surface area (Å²) in [6.45, 7) is 0.194. The summed E-state index contributed by atoms with van der Waals surface area (Å²) in [7, 11) is 0. The maximum absolute atomic E-state index is 12.8. The number of carbonyl (C=O) groups is 2. The summed E-state index contributed by atoms with van der Waals surface area (Å²) >= 11 is 0. The Morgan fingerprint density at radius 3 is 2.52 bits per heavy atom. The number of ketones is 1. The molecule has 4 rings (SSSR count). The largest absolute Gasteiger partial charge is 0.451 e. The number of oxazole rings is 1. The van der Waals surface area contributed by atoms with Crippen molar-refractivity contribution in [3.8, 4) is 0 Å². The maximum atomic E-state index is 12.8. The van der Waals surface area contributed by atoms with Crippen LogP contribution in [0.5, 0.6) is 0 Å². The molecular weight excluding hydrogens is 320 g/mol. The molecule has 0 spiro atoms. The molecule has 2 aliphatic carbocycles. The van der Waals surface area contributed by atoms with Gasteiger partial charge in [-0.05, 0) is 31.2 Å². The fourth-order valence-corrected chi connectivity index (χ4v) is 3.18. The molecule has 1 heterocycles. The second-order valence-corrected chi connectivity index (χ2v) is 7.02. The molecule has 2 saturated carbocycles. The number of rotatable bonds is 7. The molecule has 0 atom stereocenters. The van der Waals surface area contributed by atoms with Crippen LogP contribution in [0.4, 0.5) is 4.79 Å². The Balaban J connectivity index is 1.33. The van der Waals surface area contributed by atoms with E-state index < -0.39 is 11.6 Å². The highest BCUT2D eigenvalue weighted by molar-refractivity contribution is 5.95. The van der Waals surface area contributed by atoms with E-state index in [-0.39, 0.29) is 17.8 Å². The van der Waals surface area contributed by atoms with E-state index in [0.717, 1.165) is 24.1 Å². The molecule has 1 amide bonds. The average molecular weight is 340 g/mol. The van der Waals surface area contributed by atoms with Crippen molar-refractivity contribution in [1.29, 1.82) is 0 Å². The topological polar surface area (TPSA) is 81.4 Å². The van der Waals surface area contributed by atoms with Crippen LogP contribution in [0, 0.1) is 0 Å². The molecular formula is C19H20N2O4. The van der Waals surface area contributed by atoms with Gasteiger partial charge in [-0.15, -0.1) is 0 Å². The molecule has 0 aliphatic heterocycles. The van der Waals surface area contributed by atoms with Crippen molar-refractivity contribution >= 4 is 11.9 Å². The van der Waals surface area contributed by atoms with E-state index in [2.05, 4.69) is 10.3 Å². The molecule has 0 radical (unpaired) electrons. The van der Waals surface area contributed by atoms with Gasteiger partial charge in [-0.3, -0.25) is 4.79 Å². The van der Waals surface area contributed by atoms with Crippen LogP contribution >= 0.6 is 0 Å². The van der Waals surface area contributed by atoms with Crippen LogP contribution in [0.2, 0.25) is 0 Å². The van der Waals surface area contributed by atoms with E-state index in [1.807, 2.05) is 30.3 Å². The third-order valence-electron chi connectivity index (χ3n) is 5.17. The zero-order chi connectivity index (χ0) is 17.3. The zero-order valence-corrected chi connectivity index (χ0v) is 13.9. The first kappa shape index (κ1) is 15.9. The number of hydrogen-bond donors (Lipinski definition) is 1. The predicted octanol–water partition coefficient (Wildman–Crippen LogP) is 3.12. The summed E-state index contributed by atoms with van der Waals surface area (Å²) in [5.74, 6) is 0.0599. The molecule has 1 aromatic heterocycles. The smallest absolute Gasteiger partial charge is 0.408 e. The van der Waals surface area contributed by atoms with Crippen LogP contribution in [-0.2, 0) is 21.6 Å². The van der Waals surface area contributed by atoms with Crippen molar-refractivity contribution in [2.24, 2.45) is 0 Å². The number of nitrogens with one attached hydrogen (secondary N) is 1. The number of carbonyl (C=O) groups excluding carboxylic acids is 2. The van der Waals surface area contributed by atoms with Gasteiger partial charge in [0.2, 0.25) is 0 Å². The van der Waals surface area contributed by atoms with Crippen molar-refractivity contribution in [2.45, 2.75) is 49.7 Å². The van der Waals surface area contributed by atoms with Crippen molar-refractivity contribution in [2.75, 3.05) is 0 Å². The first-order valence-electron chi connectivity index (χ1n) is 8.53. The van der Waals surface area contributed by atoms with Gasteiger partial charge < -0.3 is 14.5 Å². The molecule has 2 aliphatic rings. The number of Topliss-reactive ketones (excluding diaryl/α,β-unsaturated/α-hetero) is 1. The lowest BCUT2D eigenvalue weighted by atomic mass is 9.92. The molecule has 0 saturated heterocycles. The Morgan fingerprint density at radius 2 is 1.92 bits per heavy atom. The first-order chi connectivity index (χ1) is 12.1. The third-order valence-corrected chi connectivity index (χ3v) is 5.17. The summed E-state index contributed by atoms with van der Waals surface area (Å²) in [5.41, 5.74) is 0.794. The van der Waals surface area contributed by atoms with Gasteiger partial charge in [0.15, 0.2) is 12.2 Å². The Bertz CT molecular complexity index is 762. The van der Waals surface area contributed by atoms with Crippen LogP contribution < -0.4 is 5.32 Å². The fraction of sp³-hybridized carbons (Fsp3) is 0.421. The molecule has 130 valence electrons. The first-order valence-corrected chi connectivity index (χ1v) is 8.53. The van der Waals surface area contributed by atoms with Crippen molar-refractivity contribution in [1.82, 2.24) is 10.3 Å². The Labute approximate surface area is 145 Å². The highest BCUT2D eigenvalue weighted by atomic mass is 16.5. The highest BCUT2D eigenvalue weighted by Gasteiger charge is 2.56. The molecule has 0 bridgehead atoms. The lowest BCUT2D eigenvalue weighted by Gasteiger charge is -2.19. The van der Waals surface area contributed by atoms with Crippen LogP contribution in [0.3, 0.4) is 0 Å². The maximum Gasteiger partial charge on any atom is 0.408 e. The van der Waals surface area contributed by atoms with Crippen LogP contribution in [0.1, 0.15) is 43.4 Å². The number of aromatic nitrogens is 1. The van der Waals surface area contributed by atoms with Gasteiger partial charge >= 0.3 is 6.09 Å². The number of nitrogens with zero attached hydrogens (tertiary/aromatic N) is 1. The van der Waals surface area contributed by atoms with E-state index in [9.17, 15) is 9.59 Å². The van der Waals surface area contributed by atoms with Gasteiger partial charge in [0.25, 0.3) is 0 Å². The molecule has 0 unspecified atom stereocenters. The van der Waals surface area contributed by atoms with E-state index in [0.29, 0.717) is 19.3 Å². The van der Waals surface area contributed by atoms with Crippen LogP contribution in [-0.4, -0.2) is 22.4 Å². The Morgan fingerprint density at radius 1 is 1.16 bits per heavy atom. The minimum atomic E-state index is -0.757. The van der Waals surface area contributed by atoms with Crippen molar-refractivity contribution in [3.05, 3.63) is 54.2 Å². The van der Waals surface area contributed by atoms with Crippen LogP contribution in [0.25, 0.3) is 0 Å². The quantitative estimate of drug-likeness (QED) is 0.837. The van der Waals surface area contributed by atoms with Gasteiger partial charge in [0, 0.05) is 11.8 Å². The van der Waals surface area contributed by atoms with E-state index >= 15 is 0 Å². The number of ether oxygens (including phenoxy) is 1. The minimum Gasteiger partial charge on any atom is -0.451 e. The molecule has 2 fully saturated rings. The second kappa shape index (κ2) is 6.02. The summed E-state index contributed by atoms with van der Waals surface area (Å²) in [5, 5.41) is 2.78. The summed E-state index contributed by atoms with van der Waals surface area (Å²) < 4.78 is 10.3. The SMILES string of the molecule is O=C(NC1(C(=O)CC2(c3cocn3)CC2)CC1)OCc1ccccc1. The van der Waals surface area contributed by atoms with Gasteiger partial charge in [-0.2, -0.15) is 0 Å². The molecule has 2 aromatic rings. The summed E-state index contributed by atoms with van der Waals surface area (Å²) in [6.07, 6.45) is 6.05. The van der Waals surface area contributed by atoms with E-state index in [4.69, 9.17) is 9.15 Å². The molecule has 1 N–H and O–H groups in total. The standard InChI is InChI=1S/C19H20N2O4/c22-16(10-18(6-7-18)15-12-24-13-20-15)19(8-9-19)21-17(23)25-11-14-4-2-1-3-5-14/h1-5,12-13H,6-11H2,(H,21,23). The normalized spacial score (nSPS) is 19.0. The molecule has 25 heavy (non-hydrogen) atoms. The van der Waals surface area contributed by atoms with Crippen molar-refractivity contribution < 1.29 is 18.7 Å². The number of alkyl carbamates (subject to hydrolysis) is 1. The van der Waals surface area contributed by atoms with Gasteiger partial charge in [0.05, 0.1) is 5.69 Å². The van der Waals surface area contributed by atoms with Gasteiger partial charge in [-0.1, -0.05) is 30.3 Å². The van der Waals surface area contributed by atoms with Gasteiger partial charge in [0.1, 0.15) is 18.4 Å². The Hall–Kier alpha value is -2.63. The summed E-state index contributed by atoms with van der Waals surface area (Å²) in [6, 6.07) is 9.47. The monoisotopic (exact) mass is 340 g/mol.